The second-order valence-corrected chi connectivity index (χ2v) is 10.1. The zero-order valence-corrected chi connectivity index (χ0v) is 20.1. The Labute approximate surface area is 200 Å². The van der Waals surface area contributed by atoms with E-state index in [1.807, 2.05) is 6.92 Å². The number of alkyl halides is 1. The Balaban J connectivity index is 1.70. The van der Waals surface area contributed by atoms with E-state index in [2.05, 4.69) is 26.6 Å². The minimum Gasteiger partial charge on any atom is -0.396 e. The van der Waals surface area contributed by atoms with Gasteiger partial charge in [-0.05, 0) is 31.4 Å². The van der Waals surface area contributed by atoms with Gasteiger partial charge in [-0.3, -0.25) is 14.4 Å². The first kappa shape index (κ1) is 23.5. The number of carbonyl (C=O) groups is 3. The van der Waals surface area contributed by atoms with Crippen molar-refractivity contribution in [2.75, 3.05) is 25.0 Å². The fourth-order valence-electron chi connectivity index (χ4n) is 5.34. The van der Waals surface area contributed by atoms with Crippen LogP contribution in [-0.2, 0) is 19.1 Å². The van der Waals surface area contributed by atoms with Gasteiger partial charge in [0.2, 0.25) is 17.7 Å². The SMILES string of the molecule is CCCNC(=O)[C@H]1[C@H]2C(=O)N(CCCO)C(C(=O)Nc3ccccc3Cl)C23CC(Br)[C@@H]1O3. The van der Waals surface area contributed by atoms with Crippen LogP contribution >= 0.6 is 27.5 Å². The van der Waals surface area contributed by atoms with Gasteiger partial charge in [0.25, 0.3) is 0 Å². The van der Waals surface area contributed by atoms with Crippen LogP contribution in [0.5, 0.6) is 0 Å². The summed E-state index contributed by atoms with van der Waals surface area (Å²) in [7, 11) is 0. The van der Waals surface area contributed by atoms with Gasteiger partial charge < -0.3 is 25.4 Å². The number of hydrogen-bond donors (Lipinski definition) is 3. The molecule has 1 spiro atoms. The molecule has 0 radical (unpaired) electrons. The number of likely N-dealkylation sites (tertiary alicyclic amines) is 1. The number of benzene rings is 1. The van der Waals surface area contributed by atoms with Gasteiger partial charge in [0.15, 0.2) is 0 Å². The number of halogens is 2. The molecule has 174 valence electrons. The van der Waals surface area contributed by atoms with Crippen molar-refractivity contribution in [2.24, 2.45) is 11.8 Å². The first-order valence-electron chi connectivity index (χ1n) is 10.9. The van der Waals surface area contributed by atoms with Crippen molar-refractivity contribution in [3.63, 3.8) is 0 Å². The number of ether oxygens (including phenoxy) is 1. The Morgan fingerprint density at radius 2 is 2.09 bits per heavy atom. The molecule has 0 saturated carbocycles. The highest BCUT2D eigenvalue weighted by atomic mass is 79.9. The fraction of sp³-hybridized carbons (Fsp3) is 0.591. The fourth-order valence-corrected chi connectivity index (χ4v) is 6.47. The number of nitrogens with one attached hydrogen (secondary N) is 2. The van der Waals surface area contributed by atoms with E-state index in [0.29, 0.717) is 30.1 Å². The van der Waals surface area contributed by atoms with Crippen molar-refractivity contribution in [2.45, 2.75) is 48.8 Å². The molecule has 6 atom stereocenters. The van der Waals surface area contributed by atoms with Gasteiger partial charge in [0.05, 0.1) is 28.6 Å². The molecule has 3 aliphatic heterocycles. The van der Waals surface area contributed by atoms with E-state index in [9.17, 15) is 19.5 Å². The Hall–Kier alpha value is -1.68. The number of carbonyl (C=O) groups excluding carboxylic acids is 3. The Morgan fingerprint density at radius 1 is 1.34 bits per heavy atom. The maximum Gasteiger partial charge on any atom is 0.250 e. The molecule has 0 aliphatic carbocycles. The number of fused-ring (bicyclic) bond motifs is 1. The van der Waals surface area contributed by atoms with Crippen molar-refractivity contribution in [3.05, 3.63) is 29.3 Å². The second kappa shape index (κ2) is 9.29. The van der Waals surface area contributed by atoms with Crippen LogP contribution in [-0.4, -0.2) is 70.0 Å². The predicted molar refractivity (Wildman–Crippen MR) is 123 cm³/mol. The molecule has 3 aliphatic rings. The quantitative estimate of drug-likeness (QED) is 0.447. The maximum absolute atomic E-state index is 13.6. The first-order chi connectivity index (χ1) is 15.4. The molecule has 1 aromatic rings. The molecule has 1 aromatic carbocycles. The van der Waals surface area contributed by atoms with Gasteiger partial charge in [-0.25, -0.2) is 0 Å². The van der Waals surface area contributed by atoms with Crippen molar-refractivity contribution in [3.8, 4) is 0 Å². The summed E-state index contributed by atoms with van der Waals surface area (Å²) in [6.07, 6.45) is 1.04. The molecular formula is C22H27BrClN3O5. The molecule has 3 heterocycles. The zero-order chi connectivity index (χ0) is 23.0. The molecule has 32 heavy (non-hydrogen) atoms. The molecule has 8 nitrogen and oxygen atoms in total. The molecule has 2 bridgehead atoms. The lowest BCUT2D eigenvalue weighted by Gasteiger charge is -2.34. The van der Waals surface area contributed by atoms with Gasteiger partial charge >= 0.3 is 0 Å². The third-order valence-corrected chi connectivity index (χ3v) is 7.75. The molecule has 0 aromatic heterocycles. The lowest BCUT2D eigenvalue weighted by atomic mass is 9.70. The summed E-state index contributed by atoms with van der Waals surface area (Å²) in [6, 6.07) is 5.94. The summed E-state index contributed by atoms with van der Waals surface area (Å²) in [6.45, 7) is 2.54. The molecule has 3 fully saturated rings. The Bertz CT molecular complexity index is 917. The maximum atomic E-state index is 13.6. The van der Waals surface area contributed by atoms with Crippen LogP contribution in [0.4, 0.5) is 5.69 Å². The van der Waals surface area contributed by atoms with Crippen LogP contribution in [0.2, 0.25) is 5.02 Å². The smallest absolute Gasteiger partial charge is 0.250 e. The topological polar surface area (TPSA) is 108 Å². The highest BCUT2D eigenvalue weighted by Gasteiger charge is 2.76. The summed E-state index contributed by atoms with van der Waals surface area (Å²) in [5, 5.41) is 15.5. The highest BCUT2D eigenvalue weighted by Crippen LogP contribution is 2.60. The van der Waals surface area contributed by atoms with Crippen LogP contribution in [0.25, 0.3) is 0 Å². The third-order valence-electron chi connectivity index (χ3n) is 6.58. The first-order valence-corrected chi connectivity index (χ1v) is 12.2. The average Bonchev–Trinajstić information content (AvgIpc) is 3.35. The summed E-state index contributed by atoms with van der Waals surface area (Å²) < 4.78 is 6.37. The molecule has 10 heteroatoms. The van der Waals surface area contributed by atoms with Gasteiger partial charge in [-0.15, -0.1) is 0 Å². The van der Waals surface area contributed by atoms with E-state index < -0.39 is 35.5 Å². The van der Waals surface area contributed by atoms with E-state index >= 15 is 0 Å². The molecule has 4 rings (SSSR count). The van der Waals surface area contributed by atoms with E-state index in [1.54, 1.807) is 24.3 Å². The molecule has 3 unspecified atom stereocenters. The molecule has 3 N–H and O–H groups in total. The van der Waals surface area contributed by atoms with Crippen molar-refractivity contribution in [1.82, 2.24) is 10.2 Å². The largest absolute Gasteiger partial charge is 0.396 e. The van der Waals surface area contributed by atoms with Crippen LogP contribution < -0.4 is 10.6 Å². The monoisotopic (exact) mass is 527 g/mol. The lowest BCUT2D eigenvalue weighted by molar-refractivity contribution is -0.140. The number of amides is 3. The molecule has 3 saturated heterocycles. The summed E-state index contributed by atoms with van der Waals surface area (Å²) >= 11 is 9.85. The highest BCUT2D eigenvalue weighted by molar-refractivity contribution is 9.09. The summed E-state index contributed by atoms with van der Waals surface area (Å²) in [4.78, 5) is 41.4. The standard InChI is InChI=1S/C22H27BrClN3O5/c1-2-8-25-19(29)15-16-21(31)27(9-5-10-28)18(22(16)11-12(23)17(15)32-22)20(30)26-14-7-4-3-6-13(14)24/h3-4,6-7,12,15-18,28H,2,5,8-11H2,1H3,(H,25,29)(H,26,30)/t12?,15-,16-,17-,18?,22?/m0/s1. The number of para-hydroxylation sites is 1. The lowest BCUT2D eigenvalue weighted by Crippen LogP contribution is -2.54. The minimum absolute atomic E-state index is 0.120. The second-order valence-electron chi connectivity index (χ2n) is 8.53. The van der Waals surface area contributed by atoms with Gasteiger partial charge in [-0.2, -0.15) is 0 Å². The number of hydrogen-bond acceptors (Lipinski definition) is 5. The number of aliphatic hydroxyl groups excluding tert-OH is 1. The molecular weight excluding hydrogens is 502 g/mol. The third kappa shape index (κ3) is 3.73. The number of aliphatic hydroxyl groups is 1. The van der Waals surface area contributed by atoms with E-state index in [-0.39, 0.29) is 29.8 Å². The van der Waals surface area contributed by atoms with Crippen molar-refractivity contribution >= 4 is 50.9 Å². The van der Waals surface area contributed by atoms with Crippen LogP contribution in [0.3, 0.4) is 0 Å². The zero-order valence-electron chi connectivity index (χ0n) is 17.7. The van der Waals surface area contributed by atoms with Crippen LogP contribution in [0.1, 0.15) is 26.2 Å². The number of anilines is 1. The van der Waals surface area contributed by atoms with Crippen molar-refractivity contribution in [1.29, 1.82) is 0 Å². The Kier molecular flexibility index (Phi) is 6.81. The number of rotatable bonds is 8. The predicted octanol–water partition coefficient (Wildman–Crippen LogP) is 1.94. The van der Waals surface area contributed by atoms with E-state index in [0.717, 1.165) is 6.42 Å². The van der Waals surface area contributed by atoms with Gasteiger partial charge in [-0.1, -0.05) is 46.6 Å². The van der Waals surface area contributed by atoms with Crippen LogP contribution in [0.15, 0.2) is 24.3 Å². The normalized spacial score (nSPS) is 32.8. The van der Waals surface area contributed by atoms with Crippen molar-refractivity contribution < 1.29 is 24.2 Å². The molecule has 3 amide bonds. The summed E-state index contributed by atoms with van der Waals surface area (Å²) in [5.74, 6) is -2.35. The number of nitrogens with zero attached hydrogens (tertiary/aromatic N) is 1. The van der Waals surface area contributed by atoms with Gasteiger partial charge in [0, 0.05) is 24.5 Å². The minimum atomic E-state index is -1.12. The van der Waals surface area contributed by atoms with Gasteiger partial charge in [0.1, 0.15) is 11.6 Å². The van der Waals surface area contributed by atoms with Crippen LogP contribution in [0, 0.1) is 11.8 Å². The van der Waals surface area contributed by atoms with E-state index in [4.69, 9.17) is 16.3 Å². The summed E-state index contributed by atoms with van der Waals surface area (Å²) in [5.41, 5.74) is -0.681. The average molecular weight is 529 g/mol. The van der Waals surface area contributed by atoms with E-state index in [1.165, 1.54) is 4.90 Å². The Morgan fingerprint density at radius 3 is 2.78 bits per heavy atom.